The van der Waals surface area contributed by atoms with Gasteiger partial charge < -0.3 is 15.2 Å². The number of amides is 1. The molecule has 6 heteroatoms. The van der Waals surface area contributed by atoms with Gasteiger partial charge in [-0.25, -0.2) is 0 Å². The summed E-state index contributed by atoms with van der Waals surface area (Å²) in [5.74, 6) is 0.139. The number of thiophene rings is 2. The molecule has 3 aromatic heterocycles. The summed E-state index contributed by atoms with van der Waals surface area (Å²) in [5.41, 5.74) is 3.81. The van der Waals surface area contributed by atoms with Gasteiger partial charge >= 0.3 is 0 Å². The van der Waals surface area contributed by atoms with Gasteiger partial charge in [0.05, 0.1) is 11.4 Å². The van der Waals surface area contributed by atoms with Crippen molar-refractivity contribution < 1.29 is 9.69 Å². The molecule has 0 radical (unpaired) electrons. The Bertz CT molecular complexity index is 1110. The van der Waals surface area contributed by atoms with E-state index in [9.17, 15) is 4.79 Å². The highest BCUT2D eigenvalue weighted by Crippen LogP contribution is 2.31. The predicted octanol–water partition coefficient (Wildman–Crippen LogP) is 3.18. The highest BCUT2D eigenvalue weighted by Gasteiger charge is 2.34. The number of fused-ring (bicyclic) bond motifs is 2. The molecular weight excluding hydrogens is 398 g/mol. The number of aromatic amines is 1. The minimum atomic E-state index is 0.139. The van der Waals surface area contributed by atoms with E-state index in [-0.39, 0.29) is 11.9 Å². The number of hydrogen-bond acceptors (Lipinski definition) is 3. The van der Waals surface area contributed by atoms with Crippen LogP contribution in [-0.2, 0) is 17.6 Å². The van der Waals surface area contributed by atoms with Crippen LogP contribution in [0.3, 0.4) is 0 Å². The molecule has 3 N–H and O–H groups in total. The van der Waals surface area contributed by atoms with E-state index >= 15 is 0 Å². The summed E-state index contributed by atoms with van der Waals surface area (Å²) < 4.78 is 0. The number of carbonyl (C=O) groups is 1. The summed E-state index contributed by atoms with van der Waals surface area (Å²) in [6.07, 6.45) is 3.96. The van der Waals surface area contributed by atoms with Crippen molar-refractivity contribution in [1.82, 2.24) is 10.3 Å². The molecule has 1 aromatic carbocycles. The standard InChI is InChI=1S/C23H23N3OS2/c27-22(24-10-7-16-14-25-19-5-2-1-4-17(16)19)15-26-11-8-20-18(9-13-29-20)23(26)21-6-3-12-28-21/h1-6,9,12-14,23,25H,7-8,10-11,15H2,(H,24,27)/p+1/t23-/m0/s1. The maximum Gasteiger partial charge on any atom is 0.275 e. The molecule has 0 bridgehead atoms. The van der Waals surface area contributed by atoms with Crippen molar-refractivity contribution in [3.8, 4) is 0 Å². The smallest absolute Gasteiger partial charge is 0.275 e. The third kappa shape index (κ3) is 3.75. The van der Waals surface area contributed by atoms with E-state index in [0.29, 0.717) is 13.1 Å². The molecule has 1 aliphatic rings. The zero-order valence-corrected chi connectivity index (χ0v) is 17.7. The number of nitrogens with one attached hydrogen (secondary N) is 3. The fraction of sp³-hybridized carbons (Fsp3) is 0.261. The molecule has 29 heavy (non-hydrogen) atoms. The Morgan fingerprint density at radius 3 is 2.97 bits per heavy atom. The first-order chi connectivity index (χ1) is 14.3. The van der Waals surface area contributed by atoms with Gasteiger partial charge in [0.25, 0.3) is 5.91 Å². The minimum Gasteiger partial charge on any atom is -0.361 e. The van der Waals surface area contributed by atoms with Crippen LogP contribution in [0.1, 0.15) is 26.9 Å². The Kier molecular flexibility index (Phi) is 5.23. The Hall–Kier alpha value is -2.41. The Morgan fingerprint density at radius 1 is 1.14 bits per heavy atom. The molecule has 4 aromatic rings. The Balaban J connectivity index is 1.23. The first-order valence-corrected chi connectivity index (χ1v) is 11.8. The number of para-hydroxylation sites is 1. The number of hydrogen-bond donors (Lipinski definition) is 3. The molecule has 2 atom stereocenters. The van der Waals surface area contributed by atoms with Crippen LogP contribution in [0.2, 0.25) is 0 Å². The lowest BCUT2D eigenvalue weighted by molar-refractivity contribution is -0.919. The first-order valence-electron chi connectivity index (χ1n) is 10.1. The Labute approximate surface area is 178 Å². The summed E-state index contributed by atoms with van der Waals surface area (Å²) in [7, 11) is 0. The fourth-order valence-corrected chi connectivity index (χ4v) is 6.22. The van der Waals surface area contributed by atoms with Gasteiger partial charge in [0.15, 0.2) is 6.54 Å². The Morgan fingerprint density at radius 2 is 2.07 bits per heavy atom. The molecule has 1 aliphatic heterocycles. The van der Waals surface area contributed by atoms with Gasteiger partial charge in [0.1, 0.15) is 6.04 Å². The summed E-state index contributed by atoms with van der Waals surface area (Å²) in [4.78, 5) is 20.2. The van der Waals surface area contributed by atoms with Gasteiger partial charge in [-0.15, -0.1) is 22.7 Å². The molecule has 5 rings (SSSR count). The van der Waals surface area contributed by atoms with Crippen molar-refractivity contribution in [2.75, 3.05) is 19.6 Å². The topological polar surface area (TPSA) is 49.3 Å². The molecule has 4 heterocycles. The zero-order chi connectivity index (χ0) is 19.6. The van der Waals surface area contributed by atoms with Gasteiger partial charge in [0, 0.05) is 40.5 Å². The number of H-pyrrole nitrogens is 1. The largest absolute Gasteiger partial charge is 0.361 e. The van der Waals surface area contributed by atoms with Gasteiger partial charge in [0.2, 0.25) is 0 Å². The van der Waals surface area contributed by atoms with E-state index < -0.39 is 0 Å². The van der Waals surface area contributed by atoms with Crippen molar-refractivity contribution in [2.45, 2.75) is 18.9 Å². The van der Waals surface area contributed by atoms with Crippen LogP contribution >= 0.6 is 22.7 Å². The lowest BCUT2D eigenvalue weighted by atomic mass is 9.98. The molecule has 0 spiro atoms. The van der Waals surface area contributed by atoms with Crippen molar-refractivity contribution in [2.24, 2.45) is 0 Å². The number of quaternary nitrogens is 1. The van der Waals surface area contributed by atoms with Gasteiger partial charge in [-0.1, -0.05) is 24.3 Å². The highest BCUT2D eigenvalue weighted by molar-refractivity contribution is 7.10. The fourth-order valence-electron chi connectivity index (χ4n) is 4.39. The van der Waals surface area contributed by atoms with Gasteiger partial charge in [-0.2, -0.15) is 0 Å². The predicted molar refractivity (Wildman–Crippen MR) is 120 cm³/mol. The molecule has 1 amide bonds. The third-order valence-electron chi connectivity index (χ3n) is 5.78. The van der Waals surface area contributed by atoms with E-state index in [4.69, 9.17) is 0 Å². The number of benzene rings is 1. The van der Waals surface area contributed by atoms with E-state index in [1.807, 2.05) is 17.4 Å². The monoisotopic (exact) mass is 422 g/mol. The highest BCUT2D eigenvalue weighted by atomic mass is 32.1. The normalized spacial score (nSPS) is 18.6. The quantitative estimate of drug-likeness (QED) is 0.439. The van der Waals surface area contributed by atoms with E-state index in [2.05, 4.69) is 63.7 Å². The van der Waals surface area contributed by atoms with Crippen molar-refractivity contribution in [3.63, 3.8) is 0 Å². The van der Waals surface area contributed by atoms with Crippen LogP contribution in [0.4, 0.5) is 0 Å². The lowest BCUT2D eigenvalue weighted by Gasteiger charge is -2.31. The second-order valence-corrected chi connectivity index (χ2v) is 9.52. The molecule has 0 aliphatic carbocycles. The average molecular weight is 423 g/mol. The molecule has 4 nitrogen and oxygen atoms in total. The van der Waals surface area contributed by atoms with Crippen molar-refractivity contribution in [1.29, 1.82) is 0 Å². The minimum absolute atomic E-state index is 0.139. The summed E-state index contributed by atoms with van der Waals surface area (Å²) in [6.45, 7) is 2.19. The van der Waals surface area contributed by atoms with Gasteiger partial charge in [-0.3, -0.25) is 4.79 Å². The van der Waals surface area contributed by atoms with Gasteiger partial charge in [-0.05, 0) is 40.9 Å². The van der Waals surface area contributed by atoms with Crippen molar-refractivity contribution >= 4 is 39.5 Å². The molecule has 0 saturated carbocycles. The molecular formula is C23H24N3OS2+. The third-order valence-corrected chi connectivity index (χ3v) is 7.71. The van der Waals surface area contributed by atoms with Crippen LogP contribution in [0.5, 0.6) is 0 Å². The molecule has 0 saturated heterocycles. The second-order valence-electron chi connectivity index (χ2n) is 7.54. The van der Waals surface area contributed by atoms with Crippen LogP contribution < -0.4 is 10.2 Å². The maximum atomic E-state index is 12.7. The lowest BCUT2D eigenvalue weighted by Crippen LogP contribution is -3.14. The van der Waals surface area contributed by atoms with E-state index in [1.165, 1.54) is 31.2 Å². The summed E-state index contributed by atoms with van der Waals surface area (Å²) in [6, 6.07) is 15.2. The molecule has 1 unspecified atom stereocenters. The van der Waals surface area contributed by atoms with Crippen LogP contribution in [0, 0.1) is 0 Å². The van der Waals surface area contributed by atoms with Crippen LogP contribution in [0.25, 0.3) is 10.9 Å². The number of rotatable bonds is 6. The summed E-state index contributed by atoms with van der Waals surface area (Å²) >= 11 is 3.64. The SMILES string of the molecule is O=C(C[NH+]1CCc2sccc2[C@H]1c1cccs1)NCCc1c[nH]c2ccccc12. The maximum absolute atomic E-state index is 12.7. The zero-order valence-electron chi connectivity index (χ0n) is 16.1. The average Bonchev–Trinajstić information content (AvgIpc) is 3.49. The van der Waals surface area contributed by atoms with Crippen molar-refractivity contribution in [3.05, 3.63) is 80.3 Å². The summed E-state index contributed by atoms with van der Waals surface area (Å²) in [5, 5.41) is 8.71. The number of aromatic nitrogens is 1. The van der Waals surface area contributed by atoms with Crippen LogP contribution in [-0.4, -0.2) is 30.5 Å². The van der Waals surface area contributed by atoms with E-state index in [0.717, 1.165) is 24.9 Å². The first kappa shape index (κ1) is 18.6. The number of carbonyl (C=O) groups excluding carboxylic acids is 1. The van der Waals surface area contributed by atoms with Crippen LogP contribution in [0.15, 0.2) is 59.4 Å². The molecule has 148 valence electrons. The van der Waals surface area contributed by atoms with E-state index in [1.54, 1.807) is 11.3 Å². The molecule has 0 fully saturated rings. The second kappa shape index (κ2) is 8.14.